The number of rotatable bonds is 3. The Balaban J connectivity index is 2.45. The second kappa shape index (κ2) is 5.12. The summed E-state index contributed by atoms with van der Waals surface area (Å²) in [6, 6.07) is 7.94. The van der Waals surface area contributed by atoms with Crippen LogP contribution in [-0.4, -0.2) is 14.9 Å². The highest BCUT2D eigenvalue weighted by Crippen LogP contribution is 2.30. The van der Waals surface area contributed by atoms with E-state index < -0.39 is 6.10 Å². The van der Waals surface area contributed by atoms with E-state index in [1.54, 1.807) is 10.9 Å². The minimum Gasteiger partial charge on any atom is -0.382 e. The van der Waals surface area contributed by atoms with Gasteiger partial charge in [-0.25, -0.2) is 0 Å². The number of aryl methyl sites for hydroxylation is 1. The van der Waals surface area contributed by atoms with Gasteiger partial charge in [0.2, 0.25) is 0 Å². The molecule has 0 fully saturated rings. The van der Waals surface area contributed by atoms with Gasteiger partial charge >= 0.3 is 0 Å². The zero-order valence-corrected chi connectivity index (χ0v) is 11.5. The second-order valence-electron chi connectivity index (χ2n) is 4.73. The summed E-state index contributed by atoms with van der Waals surface area (Å²) in [6.07, 6.45) is 0.831. The second-order valence-corrected chi connectivity index (χ2v) is 5.14. The first-order valence-electron chi connectivity index (χ1n) is 5.98. The van der Waals surface area contributed by atoms with Gasteiger partial charge in [0.15, 0.2) is 0 Å². The predicted molar refractivity (Wildman–Crippen MR) is 72.9 cm³/mol. The lowest BCUT2D eigenvalue weighted by Gasteiger charge is -2.17. The standard InChI is InChI=1S/C14H17ClN2O/c1-9(2)17-13(12(15)8-16-17)14(18)11-6-4-5-10(3)7-11/h4-9,14,18H,1-3H3. The average Bonchev–Trinajstić information content (AvgIpc) is 2.70. The van der Waals surface area contributed by atoms with Crippen LogP contribution in [0.3, 0.4) is 0 Å². The Morgan fingerprint density at radius 1 is 1.33 bits per heavy atom. The van der Waals surface area contributed by atoms with Gasteiger partial charge in [0, 0.05) is 6.04 Å². The fraction of sp³-hybridized carbons (Fsp3) is 0.357. The molecule has 96 valence electrons. The number of hydrogen-bond acceptors (Lipinski definition) is 2. The van der Waals surface area contributed by atoms with Crippen molar-refractivity contribution in [2.45, 2.75) is 32.9 Å². The Morgan fingerprint density at radius 2 is 2.06 bits per heavy atom. The summed E-state index contributed by atoms with van der Waals surface area (Å²) in [5.74, 6) is 0. The van der Waals surface area contributed by atoms with E-state index in [0.29, 0.717) is 10.7 Å². The molecule has 18 heavy (non-hydrogen) atoms. The van der Waals surface area contributed by atoms with Crippen LogP contribution in [0.25, 0.3) is 0 Å². The van der Waals surface area contributed by atoms with E-state index in [1.165, 1.54) is 0 Å². The lowest BCUT2D eigenvalue weighted by Crippen LogP contribution is -2.12. The van der Waals surface area contributed by atoms with E-state index in [4.69, 9.17) is 11.6 Å². The maximum absolute atomic E-state index is 10.5. The van der Waals surface area contributed by atoms with E-state index in [-0.39, 0.29) is 6.04 Å². The van der Waals surface area contributed by atoms with Crippen LogP contribution in [0.2, 0.25) is 5.02 Å². The summed E-state index contributed by atoms with van der Waals surface area (Å²) in [4.78, 5) is 0. The van der Waals surface area contributed by atoms with Gasteiger partial charge in [-0.3, -0.25) is 4.68 Å². The van der Waals surface area contributed by atoms with Crippen molar-refractivity contribution in [3.63, 3.8) is 0 Å². The summed E-state index contributed by atoms with van der Waals surface area (Å²) in [6.45, 7) is 6.02. The monoisotopic (exact) mass is 264 g/mol. The number of aromatic nitrogens is 2. The molecule has 3 nitrogen and oxygen atoms in total. The van der Waals surface area contributed by atoms with Gasteiger partial charge in [-0.2, -0.15) is 5.10 Å². The fourth-order valence-electron chi connectivity index (χ4n) is 2.02. The summed E-state index contributed by atoms with van der Waals surface area (Å²) < 4.78 is 1.76. The van der Waals surface area contributed by atoms with Gasteiger partial charge in [0.1, 0.15) is 6.10 Å². The van der Waals surface area contributed by atoms with Crippen molar-refractivity contribution in [3.8, 4) is 0 Å². The average molecular weight is 265 g/mol. The molecule has 0 aliphatic rings. The van der Waals surface area contributed by atoms with Crippen molar-refractivity contribution >= 4 is 11.6 Å². The molecule has 0 aliphatic heterocycles. The zero-order valence-electron chi connectivity index (χ0n) is 10.8. The number of nitrogens with zero attached hydrogens (tertiary/aromatic N) is 2. The van der Waals surface area contributed by atoms with Crippen molar-refractivity contribution in [1.82, 2.24) is 9.78 Å². The van der Waals surface area contributed by atoms with Crippen LogP contribution in [0.15, 0.2) is 30.5 Å². The quantitative estimate of drug-likeness (QED) is 0.921. The molecule has 0 spiro atoms. The van der Waals surface area contributed by atoms with Crippen LogP contribution < -0.4 is 0 Å². The van der Waals surface area contributed by atoms with Crippen LogP contribution in [0, 0.1) is 6.92 Å². The molecule has 0 saturated carbocycles. The highest BCUT2D eigenvalue weighted by atomic mass is 35.5. The molecule has 1 atom stereocenters. The molecule has 0 saturated heterocycles. The molecule has 0 radical (unpaired) electrons. The third-order valence-electron chi connectivity index (χ3n) is 2.89. The van der Waals surface area contributed by atoms with Crippen molar-refractivity contribution in [2.24, 2.45) is 0 Å². The Hall–Kier alpha value is -1.32. The predicted octanol–water partition coefficient (Wildman–Crippen LogP) is 3.51. The van der Waals surface area contributed by atoms with Crippen molar-refractivity contribution in [1.29, 1.82) is 0 Å². The topological polar surface area (TPSA) is 38.1 Å². The molecular formula is C14H17ClN2O. The first kappa shape index (κ1) is 13.1. The van der Waals surface area contributed by atoms with Crippen molar-refractivity contribution < 1.29 is 5.11 Å². The van der Waals surface area contributed by atoms with E-state index >= 15 is 0 Å². The smallest absolute Gasteiger partial charge is 0.122 e. The minimum atomic E-state index is -0.748. The van der Waals surface area contributed by atoms with Crippen LogP contribution >= 0.6 is 11.6 Å². The van der Waals surface area contributed by atoms with Crippen LogP contribution in [0.4, 0.5) is 0 Å². The van der Waals surface area contributed by atoms with E-state index in [9.17, 15) is 5.11 Å². The maximum Gasteiger partial charge on any atom is 0.122 e. The van der Waals surface area contributed by atoms with Gasteiger partial charge in [0.05, 0.1) is 16.9 Å². The molecule has 1 heterocycles. The molecule has 1 aromatic heterocycles. The zero-order chi connectivity index (χ0) is 13.3. The van der Waals surface area contributed by atoms with Gasteiger partial charge in [0.25, 0.3) is 0 Å². The number of aliphatic hydroxyl groups is 1. The SMILES string of the molecule is Cc1cccc(C(O)c2c(Cl)cnn2C(C)C)c1. The number of halogens is 1. The Bertz CT molecular complexity index is 548. The molecule has 1 aromatic carbocycles. The normalized spacial score (nSPS) is 13.0. The summed E-state index contributed by atoms with van der Waals surface area (Å²) in [7, 11) is 0. The Kier molecular flexibility index (Phi) is 3.73. The third kappa shape index (κ3) is 2.42. The lowest BCUT2D eigenvalue weighted by atomic mass is 10.0. The van der Waals surface area contributed by atoms with Crippen molar-refractivity contribution in [3.05, 3.63) is 52.3 Å². The van der Waals surface area contributed by atoms with Crippen LogP contribution in [0.1, 0.15) is 42.8 Å². The molecule has 0 bridgehead atoms. The summed E-state index contributed by atoms with van der Waals surface area (Å²) in [5, 5.41) is 15.2. The maximum atomic E-state index is 10.5. The Morgan fingerprint density at radius 3 is 2.67 bits per heavy atom. The molecule has 2 aromatic rings. The van der Waals surface area contributed by atoms with Gasteiger partial charge < -0.3 is 5.11 Å². The summed E-state index contributed by atoms with van der Waals surface area (Å²) >= 11 is 6.13. The highest BCUT2D eigenvalue weighted by Gasteiger charge is 2.21. The van der Waals surface area contributed by atoms with Crippen LogP contribution in [-0.2, 0) is 0 Å². The van der Waals surface area contributed by atoms with Gasteiger partial charge in [-0.05, 0) is 26.3 Å². The molecule has 0 amide bonds. The van der Waals surface area contributed by atoms with E-state index in [1.807, 2.05) is 45.0 Å². The fourth-order valence-corrected chi connectivity index (χ4v) is 2.25. The highest BCUT2D eigenvalue weighted by molar-refractivity contribution is 6.31. The molecular weight excluding hydrogens is 248 g/mol. The van der Waals surface area contributed by atoms with Crippen molar-refractivity contribution in [2.75, 3.05) is 0 Å². The number of benzene rings is 1. The number of aliphatic hydroxyl groups excluding tert-OH is 1. The molecule has 1 N–H and O–H groups in total. The van der Waals surface area contributed by atoms with Gasteiger partial charge in [-0.15, -0.1) is 0 Å². The molecule has 4 heteroatoms. The van der Waals surface area contributed by atoms with Crippen LogP contribution in [0.5, 0.6) is 0 Å². The largest absolute Gasteiger partial charge is 0.382 e. The molecule has 1 unspecified atom stereocenters. The van der Waals surface area contributed by atoms with E-state index in [0.717, 1.165) is 11.1 Å². The first-order chi connectivity index (χ1) is 8.50. The molecule has 0 aliphatic carbocycles. The molecule has 2 rings (SSSR count). The minimum absolute atomic E-state index is 0.159. The van der Waals surface area contributed by atoms with Gasteiger partial charge in [-0.1, -0.05) is 41.4 Å². The third-order valence-corrected chi connectivity index (χ3v) is 3.18. The first-order valence-corrected chi connectivity index (χ1v) is 6.36. The summed E-state index contributed by atoms with van der Waals surface area (Å²) in [5.41, 5.74) is 2.59. The Labute approximate surface area is 112 Å². The lowest BCUT2D eigenvalue weighted by molar-refractivity contribution is 0.205. The van der Waals surface area contributed by atoms with E-state index in [2.05, 4.69) is 5.10 Å². The number of hydrogen-bond donors (Lipinski definition) is 1.